The highest BCUT2D eigenvalue weighted by Crippen LogP contribution is 2.40. The average Bonchev–Trinajstić information content (AvgIpc) is 3.12. The van der Waals surface area contributed by atoms with Crippen LogP contribution in [0.15, 0.2) is 65.7 Å². The first-order chi connectivity index (χ1) is 14.8. The number of carbonyl (C=O) groups excluding carboxylic acids is 1. The molecule has 0 unspecified atom stereocenters. The second-order valence-electron chi connectivity index (χ2n) is 7.10. The van der Waals surface area contributed by atoms with E-state index in [-0.39, 0.29) is 5.69 Å². The number of anilines is 1. The number of amides is 1. The lowest BCUT2D eigenvalue weighted by molar-refractivity contribution is -0.137. The maximum absolute atomic E-state index is 13.4. The molecule has 1 aliphatic heterocycles. The number of aryl methyl sites for hydroxylation is 1. The Morgan fingerprint density at radius 2 is 1.81 bits per heavy atom. The van der Waals surface area contributed by atoms with Gasteiger partial charge in [0.2, 0.25) is 5.91 Å². The van der Waals surface area contributed by atoms with E-state index in [0.717, 1.165) is 22.3 Å². The zero-order valence-corrected chi connectivity index (χ0v) is 17.6. The van der Waals surface area contributed by atoms with E-state index in [2.05, 4.69) is 10.7 Å². The van der Waals surface area contributed by atoms with Crippen molar-refractivity contribution >= 4 is 23.4 Å². The summed E-state index contributed by atoms with van der Waals surface area (Å²) in [5.74, 6) is 0.158. The Kier molecular flexibility index (Phi) is 5.62. The third kappa shape index (κ3) is 4.23. The molecule has 4 rings (SSSR count). The summed E-state index contributed by atoms with van der Waals surface area (Å²) in [7, 11) is 1.56. The van der Waals surface area contributed by atoms with Gasteiger partial charge < -0.3 is 15.5 Å². The fourth-order valence-corrected chi connectivity index (χ4v) is 4.71. The molecule has 9 heteroatoms. The van der Waals surface area contributed by atoms with Crippen LogP contribution in [0.1, 0.15) is 22.9 Å². The van der Waals surface area contributed by atoms with E-state index in [1.807, 2.05) is 35.9 Å². The number of benzene rings is 2. The number of thioether (sulfide) groups is 1. The lowest BCUT2D eigenvalue weighted by Gasteiger charge is -2.34. The van der Waals surface area contributed by atoms with E-state index in [1.165, 1.54) is 30.0 Å². The summed E-state index contributed by atoms with van der Waals surface area (Å²) < 4.78 is 47.2. The Morgan fingerprint density at radius 1 is 1.10 bits per heavy atom. The van der Waals surface area contributed by atoms with Gasteiger partial charge >= 0.3 is 6.18 Å². The Bertz CT molecular complexity index is 1100. The highest BCUT2D eigenvalue weighted by atomic mass is 32.2. The Labute approximate surface area is 181 Å². The maximum atomic E-state index is 13.4. The number of fused-ring (bicyclic) bond motifs is 1. The van der Waals surface area contributed by atoms with Gasteiger partial charge in [-0.25, -0.2) is 0 Å². The molecule has 162 valence electrons. The summed E-state index contributed by atoms with van der Waals surface area (Å²) in [6.45, 7) is 1.93. The summed E-state index contributed by atoms with van der Waals surface area (Å²) >= 11 is 1.31. The number of carbonyl (C=O) groups is 1. The van der Waals surface area contributed by atoms with Gasteiger partial charge in [-0.1, -0.05) is 36.0 Å². The van der Waals surface area contributed by atoms with Crippen molar-refractivity contribution in [2.24, 2.45) is 0 Å². The molecular formula is C22H20F3N3O2S. The second-order valence-corrected chi connectivity index (χ2v) is 8.26. The molecule has 0 spiro atoms. The van der Waals surface area contributed by atoms with Crippen LogP contribution in [0.4, 0.5) is 18.9 Å². The number of aromatic nitrogens is 1. The van der Waals surface area contributed by atoms with Gasteiger partial charge in [-0.2, -0.15) is 13.2 Å². The van der Waals surface area contributed by atoms with E-state index in [9.17, 15) is 18.0 Å². The molecule has 1 aliphatic rings. The number of rotatable bonds is 4. The van der Waals surface area contributed by atoms with Gasteiger partial charge in [0.1, 0.15) is 11.0 Å². The molecule has 3 aromatic rings. The molecule has 1 aromatic heterocycles. The molecule has 5 nitrogen and oxygen atoms in total. The predicted molar refractivity (Wildman–Crippen MR) is 114 cm³/mol. The molecular weight excluding hydrogens is 427 g/mol. The van der Waals surface area contributed by atoms with Crippen molar-refractivity contribution in [2.75, 3.05) is 17.9 Å². The zero-order valence-electron chi connectivity index (χ0n) is 16.7. The largest absolute Gasteiger partial charge is 0.497 e. The monoisotopic (exact) mass is 447 g/mol. The van der Waals surface area contributed by atoms with E-state index < -0.39 is 28.9 Å². The minimum Gasteiger partial charge on any atom is -0.497 e. The predicted octanol–water partition coefficient (Wildman–Crippen LogP) is 5.22. The maximum Gasteiger partial charge on any atom is 0.418 e. The van der Waals surface area contributed by atoms with Crippen molar-refractivity contribution in [3.05, 3.63) is 77.5 Å². The van der Waals surface area contributed by atoms with Gasteiger partial charge in [-0.15, -0.1) is 0 Å². The fraction of sp³-hybridized carbons (Fsp3) is 0.227. The molecule has 2 aromatic carbocycles. The summed E-state index contributed by atoms with van der Waals surface area (Å²) in [4.78, 5) is 13.2. The van der Waals surface area contributed by atoms with Gasteiger partial charge in [0, 0.05) is 5.69 Å². The Morgan fingerprint density at radius 3 is 2.48 bits per heavy atom. The van der Waals surface area contributed by atoms with Crippen LogP contribution in [-0.4, -0.2) is 22.9 Å². The van der Waals surface area contributed by atoms with Gasteiger partial charge in [-0.3, -0.25) is 9.47 Å². The standard InChI is InChI=1S/C22H20F3N3O2S/c1-13-7-12-18-28(13)27-19(14-8-10-15(30-2)11-9-14)20(31-18)21(29)26-17-6-4-3-5-16(17)22(23,24)25/h3-12,19-20,27H,1-2H3,(H,26,29)/t19-,20-/m1/s1. The number of halogens is 3. The lowest BCUT2D eigenvalue weighted by atomic mass is 10.0. The SMILES string of the molecule is COc1ccc([C@H]2Nn3c(C)ccc3S[C@H]2C(=O)Nc2ccccc2C(F)(F)F)cc1. The van der Waals surface area contributed by atoms with E-state index in [0.29, 0.717) is 5.75 Å². The van der Waals surface area contributed by atoms with Crippen molar-refractivity contribution in [3.8, 4) is 5.75 Å². The van der Waals surface area contributed by atoms with Gasteiger partial charge in [0.15, 0.2) is 0 Å². The fourth-order valence-electron chi connectivity index (χ4n) is 3.49. The number of ether oxygens (including phenoxy) is 1. The molecule has 0 fully saturated rings. The lowest BCUT2D eigenvalue weighted by Crippen LogP contribution is -2.41. The van der Waals surface area contributed by atoms with Crippen LogP contribution in [0.3, 0.4) is 0 Å². The average molecular weight is 447 g/mol. The number of hydrogen-bond acceptors (Lipinski definition) is 4. The molecule has 0 bridgehead atoms. The first kappa shape index (κ1) is 21.2. The van der Waals surface area contributed by atoms with Crippen LogP contribution in [0.25, 0.3) is 0 Å². The Hall–Kier alpha value is -3.07. The quantitative estimate of drug-likeness (QED) is 0.576. The first-order valence-electron chi connectivity index (χ1n) is 9.50. The number of nitrogens with one attached hydrogen (secondary N) is 2. The van der Waals surface area contributed by atoms with Crippen molar-refractivity contribution in [1.29, 1.82) is 0 Å². The summed E-state index contributed by atoms with van der Waals surface area (Å²) in [6.07, 6.45) is -4.57. The summed E-state index contributed by atoms with van der Waals surface area (Å²) in [5.41, 5.74) is 3.97. The van der Waals surface area contributed by atoms with Crippen molar-refractivity contribution in [1.82, 2.24) is 4.68 Å². The molecule has 2 N–H and O–H groups in total. The minimum absolute atomic E-state index is 0.258. The van der Waals surface area contributed by atoms with E-state index >= 15 is 0 Å². The van der Waals surface area contributed by atoms with Crippen LogP contribution in [0.2, 0.25) is 0 Å². The number of methoxy groups -OCH3 is 1. The van der Waals surface area contributed by atoms with E-state index in [4.69, 9.17) is 4.74 Å². The van der Waals surface area contributed by atoms with Crippen molar-refractivity contribution < 1.29 is 22.7 Å². The van der Waals surface area contributed by atoms with Crippen molar-refractivity contribution in [2.45, 2.75) is 29.4 Å². The number of hydrogen-bond donors (Lipinski definition) is 2. The van der Waals surface area contributed by atoms with Crippen LogP contribution >= 0.6 is 11.8 Å². The van der Waals surface area contributed by atoms with Crippen LogP contribution < -0.4 is 15.5 Å². The smallest absolute Gasteiger partial charge is 0.418 e. The normalized spacial score (nSPS) is 18.1. The van der Waals surface area contributed by atoms with Crippen LogP contribution in [0, 0.1) is 6.92 Å². The minimum atomic E-state index is -4.57. The molecule has 0 saturated heterocycles. The number of alkyl halides is 3. The Balaban J connectivity index is 1.68. The first-order valence-corrected chi connectivity index (χ1v) is 10.4. The third-order valence-corrected chi connectivity index (χ3v) is 6.38. The highest BCUT2D eigenvalue weighted by molar-refractivity contribution is 8.00. The molecule has 0 saturated carbocycles. The van der Waals surface area contributed by atoms with Gasteiger partial charge in [0.05, 0.1) is 29.4 Å². The molecule has 1 amide bonds. The van der Waals surface area contributed by atoms with Crippen LogP contribution in [0.5, 0.6) is 5.75 Å². The molecule has 31 heavy (non-hydrogen) atoms. The van der Waals surface area contributed by atoms with Crippen LogP contribution in [-0.2, 0) is 11.0 Å². The third-order valence-electron chi connectivity index (χ3n) is 5.08. The number of nitrogens with zero attached hydrogens (tertiary/aromatic N) is 1. The van der Waals surface area contributed by atoms with Gasteiger partial charge in [0.25, 0.3) is 0 Å². The molecule has 2 atom stereocenters. The summed E-state index contributed by atoms with van der Waals surface area (Å²) in [5, 5.41) is 2.61. The second kappa shape index (κ2) is 8.22. The molecule has 0 aliphatic carbocycles. The van der Waals surface area contributed by atoms with E-state index in [1.54, 1.807) is 19.2 Å². The van der Waals surface area contributed by atoms with Gasteiger partial charge in [-0.05, 0) is 48.9 Å². The summed E-state index contributed by atoms with van der Waals surface area (Å²) in [6, 6.07) is 15.6. The van der Waals surface area contributed by atoms with Crippen molar-refractivity contribution in [3.63, 3.8) is 0 Å². The topological polar surface area (TPSA) is 55.3 Å². The molecule has 0 radical (unpaired) electrons. The number of para-hydroxylation sites is 1. The molecule has 2 heterocycles. The zero-order chi connectivity index (χ0) is 22.2. The highest BCUT2D eigenvalue weighted by Gasteiger charge is 2.38.